The third-order valence-electron chi connectivity index (χ3n) is 2.16. The summed E-state index contributed by atoms with van der Waals surface area (Å²) >= 11 is 0. The van der Waals surface area contributed by atoms with Crippen LogP contribution in [-0.4, -0.2) is 17.7 Å². The van der Waals surface area contributed by atoms with Crippen LogP contribution in [0, 0.1) is 17.1 Å². The molecule has 0 bridgehead atoms. The number of aliphatic hydroxyl groups is 1. The van der Waals surface area contributed by atoms with E-state index in [0.29, 0.717) is 0 Å². The van der Waals surface area contributed by atoms with Gasteiger partial charge in [0.15, 0.2) is 0 Å². The monoisotopic (exact) mass is 237 g/mol. The number of esters is 1. The molecule has 90 valence electrons. The predicted molar refractivity (Wildman–Crippen MR) is 57.4 cm³/mol. The smallest absolute Gasteiger partial charge is 0.310 e. The van der Waals surface area contributed by atoms with Crippen LogP contribution in [-0.2, 0) is 22.6 Å². The Morgan fingerprint density at radius 2 is 2.18 bits per heavy atom. The number of aliphatic hydroxyl groups excluding tert-OH is 1. The van der Waals surface area contributed by atoms with Crippen LogP contribution in [0.15, 0.2) is 12.1 Å². The van der Waals surface area contributed by atoms with Crippen LogP contribution < -0.4 is 0 Å². The van der Waals surface area contributed by atoms with Crippen LogP contribution in [0.2, 0.25) is 0 Å². The fraction of sp³-hybridized carbons (Fsp3) is 0.333. The van der Waals surface area contributed by atoms with E-state index in [1.54, 1.807) is 6.92 Å². The first kappa shape index (κ1) is 13.1. The molecule has 1 aromatic carbocycles. The number of ether oxygens (including phenoxy) is 1. The van der Waals surface area contributed by atoms with Crippen molar-refractivity contribution >= 4 is 5.97 Å². The molecule has 0 heterocycles. The lowest BCUT2D eigenvalue weighted by molar-refractivity contribution is -0.142. The number of nitrogens with zero attached hydrogens (tertiary/aromatic N) is 1. The molecule has 0 saturated carbocycles. The molecule has 0 aliphatic heterocycles. The molecule has 0 spiro atoms. The van der Waals surface area contributed by atoms with Gasteiger partial charge in [0.05, 0.1) is 31.3 Å². The second kappa shape index (κ2) is 5.97. The number of hydrogen-bond acceptors (Lipinski definition) is 4. The highest BCUT2D eigenvalue weighted by Gasteiger charge is 2.14. The third kappa shape index (κ3) is 3.26. The van der Waals surface area contributed by atoms with Crippen molar-refractivity contribution in [3.05, 3.63) is 34.6 Å². The van der Waals surface area contributed by atoms with Gasteiger partial charge in [0.25, 0.3) is 0 Å². The van der Waals surface area contributed by atoms with Crippen LogP contribution >= 0.6 is 0 Å². The fourth-order valence-corrected chi connectivity index (χ4v) is 1.43. The molecule has 1 aromatic rings. The van der Waals surface area contributed by atoms with Crippen molar-refractivity contribution in [1.29, 1.82) is 5.26 Å². The summed E-state index contributed by atoms with van der Waals surface area (Å²) in [5, 5.41) is 17.7. The molecule has 0 aliphatic rings. The number of rotatable bonds is 4. The van der Waals surface area contributed by atoms with Crippen molar-refractivity contribution in [3.63, 3.8) is 0 Å². The molecule has 0 unspecified atom stereocenters. The first-order chi connectivity index (χ1) is 8.12. The lowest BCUT2D eigenvalue weighted by atomic mass is 10.0. The summed E-state index contributed by atoms with van der Waals surface area (Å²) in [5.74, 6) is -1.23. The first-order valence-corrected chi connectivity index (χ1v) is 5.10. The molecule has 0 atom stereocenters. The third-order valence-corrected chi connectivity index (χ3v) is 2.16. The number of nitriles is 1. The minimum Gasteiger partial charge on any atom is -0.466 e. The van der Waals surface area contributed by atoms with Crippen molar-refractivity contribution in [2.45, 2.75) is 20.0 Å². The largest absolute Gasteiger partial charge is 0.466 e. The summed E-state index contributed by atoms with van der Waals surface area (Å²) in [6.07, 6.45) is -0.248. The van der Waals surface area contributed by atoms with E-state index >= 15 is 0 Å². The highest BCUT2D eigenvalue weighted by molar-refractivity contribution is 5.73. The van der Waals surface area contributed by atoms with Gasteiger partial charge in [0.1, 0.15) is 5.82 Å². The van der Waals surface area contributed by atoms with Crippen molar-refractivity contribution in [2.75, 3.05) is 6.61 Å². The van der Waals surface area contributed by atoms with Crippen LogP contribution in [0.4, 0.5) is 4.39 Å². The van der Waals surface area contributed by atoms with Crippen molar-refractivity contribution < 1.29 is 19.0 Å². The average Bonchev–Trinajstić information content (AvgIpc) is 2.32. The Balaban J connectivity index is 3.06. The van der Waals surface area contributed by atoms with Crippen LogP contribution in [0.5, 0.6) is 0 Å². The van der Waals surface area contributed by atoms with Gasteiger partial charge in [0.2, 0.25) is 0 Å². The van der Waals surface area contributed by atoms with E-state index in [1.807, 2.05) is 6.07 Å². The highest BCUT2D eigenvalue weighted by Crippen LogP contribution is 2.17. The van der Waals surface area contributed by atoms with Crippen molar-refractivity contribution in [3.8, 4) is 6.07 Å². The molecular formula is C12H12FNO3. The molecule has 1 rings (SSSR count). The standard InChI is InChI=1S/C12H12FNO3/c1-2-17-11(16)5-9-3-8(6-14)4-10(7-15)12(9)13/h3-4,15H,2,5,7H2,1H3. The van der Waals surface area contributed by atoms with Crippen molar-refractivity contribution in [2.24, 2.45) is 0 Å². The van der Waals surface area contributed by atoms with Crippen molar-refractivity contribution in [1.82, 2.24) is 0 Å². The molecule has 0 aromatic heterocycles. The summed E-state index contributed by atoms with van der Waals surface area (Å²) in [7, 11) is 0. The van der Waals surface area contributed by atoms with Gasteiger partial charge in [-0.15, -0.1) is 0 Å². The Labute approximate surface area is 98.2 Å². The maximum absolute atomic E-state index is 13.7. The maximum atomic E-state index is 13.7. The Kier molecular flexibility index (Phi) is 4.61. The summed E-state index contributed by atoms with van der Waals surface area (Å²) in [6, 6.07) is 4.38. The van der Waals surface area contributed by atoms with E-state index in [0.717, 1.165) is 0 Å². The van der Waals surface area contributed by atoms with E-state index in [-0.39, 0.29) is 29.7 Å². The minimum atomic E-state index is -0.667. The molecule has 4 nitrogen and oxygen atoms in total. The van der Waals surface area contributed by atoms with Gasteiger partial charge in [0, 0.05) is 11.1 Å². The van der Waals surface area contributed by atoms with E-state index < -0.39 is 18.4 Å². The van der Waals surface area contributed by atoms with E-state index in [9.17, 15) is 9.18 Å². The normalized spacial score (nSPS) is 9.76. The Hall–Kier alpha value is -1.93. The lowest BCUT2D eigenvalue weighted by Gasteiger charge is -2.07. The Morgan fingerprint density at radius 3 is 2.71 bits per heavy atom. The molecule has 5 heteroatoms. The molecule has 0 aliphatic carbocycles. The maximum Gasteiger partial charge on any atom is 0.310 e. The molecule has 0 amide bonds. The van der Waals surface area contributed by atoms with Crippen LogP contribution in [0.3, 0.4) is 0 Å². The van der Waals surface area contributed by atoms with E-state index in [4.69, 9.17) is 15.1 Å². The molecule has 1 N–H and O–H groups in total. The van der Waals surface area contributed by atoms with E-state index in [2.05, 4.69) is 0 Å². The average molecular weight is 237 g/mol. The van der Waals surface area contributed by atoms with Gasteiger partial charge in [-0.05, 0) is 19.1 Å². The minimum absolute atomic E-state index is 0.00310. The molecule has 0 radical (unpaired) electrons. The zero-order valence-electron chi connectivity index (χ0n) is 9.36. The van der Waals surface area contributed by atoms with Gasteiger partial charge < -0.3 is 9.84 Å². The molecule has 0 saturated heterocycles. The number of carbonyl (C=O) groups excluding carboxylic acids is 1. The van der Waals surface area contributed by atoms with Gasteiger partial charge in [-0.2, -0.15) is 5.26 Å². The van der Waals surface area contributed by atoms with E-state index in [1.165, 1.54) is 12.1 Å². The second-order valence-corrected chi connectivity index (χ2v) is 3.36. The zero-order valence-corrected chi connectivity index (χ0v) is 9.36. The number of hydrogen-bond donors (Lipinski definition) is 1. The second-order valence-electron chi connectivity index (χ2n) is 3.36. The van der Waals surface area contributed by atoms with Gasteiger partial charge >= 0.3 is 5.97 Å². The summed E-state index contributed by atoms with van der Waals surface area (Å²) in [4.78, 5) is 11.2. The Bertz CT molecular complexity index is 466. The molecule has 0 fully saturated rings. The SMILES string of the molecule is CCOC(=O)Cc1cc(C#N)cc(CO)c1F. The predicted octanol–water partition coefficient (Wildman–Crippen LogP) is 1.30. The summed E-state index contributed by atoms with van der Waals surface area (Å²) in [6.45, 7) is 1.35. The quantitative estimate of drug-likeness (QED) is 0.801. The molecular weight excluding hydrogens is 225 g/mol. The van der Waals surface area contributed by atoms with Crippen LogP contribution in [0.25, 0.3) is 0 Å². The number of carbonyl (C=O) groups is 1. The highest BCUT2D eigenvalue weighted by atomic mass is 19.1. The van der Waals surface area contributed by atoms with Crippen LogP contribution in [0.1, 0.15) is 23.6 Å². The number of halogens is 1. The lowest BCUT2D eigenvalue weighted by Crippen LogP contribution is -2.10. The zero-order chi connectivity index (χ0) is 12.8. The Morgan fingerprint density at radius 1 is 1.53 bits per heavy atom. The van der Waals surface area contributed by atoms with Gasteiger partial charge in [-0.3, -0.25) is 4.79 Å². The molecule has 17 heavy (non-hydrogen) atoms. The summed E-state index contributed by atoms with van der Waals surface area (Å²) < 4.78 is 18.4. The number of benzene rings is 1. The first-order valence-electron chi connectivity index (χ1n) is 5.10. The topological polar surface area (TPSA) is 70.3 Å². The van der Waals surface area contributed by atoms with Gasteiger partial charge in [-0.25, -0.2) is 4.39 Å². The summed E-state index contributed by atoms with van der Waals surface area (Å²) in [5.41, 5.74) is 0.268. The fourth-order valence-electron chi connectivity index (χ4n) is 1.43. The van der Waals surface area contributed by atoms with Gasteiger partial charge in [-0.1, -0.05) is 0 Å².